The van der Waals surface area contributed by atoms with E-state index in [0.717, 1.165) is 4.90 Å². The molecule has 14 heteroatoms. The van der Waals surface area contributed by atoms with E-state index in [9.17, 15) is 23.2 Å². The van der Waals surface area contributed by atoms with Gasteiger partial charge in [0.1, 0.15) is 18.1 Å². The summed E-state index contributed by atoms with van der Waals surface area (Å²) in [5, 5.41) is 11.6. The molecule has 1 aliphatic heterocycles. The molecular weight excluding hydrogens is 550 g/mol. The molecule has 40 heavy (non-hydrogen) atoms. The Kier molecular flexibility index (Phi) is 8.95. The smallest absolute Gasteiger partial charge is 0.318 e. The van der Waals surface area contributed by atoms with Crippen LogP contribution in [-0.4, -0.2) is 65.6 Å². The average molecular weight is 577 g/mol. The van der Waals surface area contributed by atoms with Gasteiger partial charge in [-0.05, 0) is 41.8 Å². The minimum atomic E-state index is -3.13. The number of alkyl halides is 2. The number of anilines is 1. The predicted molar refractivity (Wildman–Crippen MR) is 140 cm³/mol. The van der Waals surface area contributed by atoms with Crippen molar-refractivity contribution in [2.24, 2.45) is 0 Å². The number of benzene rings is 1. The summed E-state index contributed by atoms with van der Waals surface area (Å²) in [4.78, 5) is 44.1. The molecule has 0 saturated carbocycles. The highest BCUT2D eigenvalue weighted by Crippen LogP contribution is 2.29. The van der Waals surface area contributed by atoms with Crippen molar-refractivity contribution < 1.29 is 32.4 Å². The molecule has 3 aromatic rings. The molecule has 4 rings (SSSR count). The van der Waals surface area contributed by atoms with Crippen molar-refractivity contribution in [1.29, 1.82) is 0 Å². The second-order valence-corrected chi connectivity index (χ2v) is 9.52. The third-order valence-corrected chi connectivity index (χ3v) is 6.48. The number of halogens is 3. The molecule has 3 N–H and O–H groups in total. The molecule has 1 aromatic carbocycles. The minimum Gasteiger partial charge on any atom is -0.382 e. The summed E-state index contributed by atoms with van der Waals surface area (Å²) in [6.07, 6.45) is 3.21. The summed E-state index contributed by atoms with van der Waals surface area (Å²) in [5.41, 5.74) is 1.40. The lowest BCUT2D eigenvalue weighted by Crippen LogP contribution is -2.58. The molecule has 4 amide bonds. The van der Waals surface area contributed by atoms with E-state index < -0.39 is 48.9 Å². The van der Waals surface area contributed by atoms with E-state index in [1.807, 2.05) is 6.92 Å². The molecule has 212 valence electrons. The Morgan fingerprint density at radius 2 is 2.08 bits per heavy atom. The summed E-state index contributed by atoms with van der Waals surface area (Å²) < 4.78 is 38.3. The van der Waals surface area contributed by atoms with Crippen molar-refractivity contribution in [3.05, 3.63) is 76.3 Å². The van der Waals surface area contributed by atoms with Crippen molar-refractivity contribution >= 4 is 35.3 Å². The number of nitrogens with zero attached hydrogens (tertiary/aromatic N) is 3. The van der Waals surface area contributed by atoms with Gasteiger partial charge in [-0.25, -0.2) is 18.6 Å². The van der Waals surface area contributed by atoms with Crippen LogP contribution in [0.4, 0.5) is 19.4 Å². The summed E-state index contributed by atoms with van der Waals surface area (Å²) in [6, 6.07) is 6.62. The topological polar surface area (TPSA) is 139 Å². The van der Waals surface area contributed by atoms with Crippen LogP contribution in [-0.2, 0) is 16.0 Å². The van der Waals surface area contributed by atoms with Gasteiger partial charge in [0.15, 0.2) is 5.69 Å². The van der Waals surface area contributed by atoms with Crippen LogP contribution >= 0.6 is 11.6 Å². The van der Waals surface area contributed by atoms with Gasteiger partial charge in [-0.1, -0.05) is 35.8 Å². The molecule has 2 aromatic heterocycles. The quantitative estimate of drug-likeness (QED) is 0.334. The molecule has 0 unspecified atom stereocenters. The lowest BCUT2D eigenvalue weighted by Gasteiger charge is -2.38. The van der Waals surface area contributed by atoms with E-state index in [1.165, 1.54) is 37.8 Å². The normalized spacial score (nSPS) is 16.1. The molecule has 3 heterocycles. The third-order valence-electron chi connectivity index (χ3n) is 6.24. The minimum absolute atomic E-state index is 0.0430. The number of aromatic nitrogens is 2. The van der Waals surface area contributed by atoms with Crippen molar-refractivity contribution in [1.82, 2.24) is 25.7 Å². The van der Waals surface area contributed by atoms with Gasteiger partial charge in [0.2, 0.25) is 0 Å². The number of hydrogen-bond acceptors (Lipinski definition) is 7. The molecule has 11 nitrogen and oxygen atoms in total. The SMILES string of the molecule is CCc1conc1C(=O)N[C@H](C(=O)Nc1cc([C@@H](COC)N2CC(F)(F)CNC2=O)ccn1)c1cccc(Cl)c1. The summed E-state index contributed by atoms with van der Waals surface area (Å²) >= 11 is 6.14. The lowest BCUT2D eigenvalue weighted by molar-refractivity contribution is -0.118. The molecule has 2 atom stereocenters. The maximum atomic E-state index is 14.1. The first-order chi connectivity index (χ1) is 19.1. The summed E-state index contributed by atoms with van der Waals surface area (Å²) in [7, 11) is 1.38. The zero-order chi connectivity index (χ0) is 28.9. The van der Waals surface area contributed by atoms with Crippen LogP contribution in [0, 0.1) is 0 Å². The predicted octanol–water partition coefficient (Wildman–Crippen LogP) is 3.74. The Hall–Kier alpha value is -4.10. The standard InChI is InChI=1S/C26H27ClF2N6O5/c1-3-15-11-40-34-22(15)24(37)33-21(17-5-4-6-18(27)9-17)23(36)32-20-10-16(7-8-30-20)19(12-39-2)35-14-26(28,29)13-31-25(35)38/h4-11,19,21H,3,12-14H2,1-2H3,(H,31,38)(H,33,37)(H,30,32,36)/t19-,21+/m1/s1. The number of amides is 4. The molecule has 0 aliphatic carbocycles. The fourth-order valence-corrected chi connectivity index (χ4v) is 4.46. The Morgan fingerprint density at radius 1 is 1.27 bits per heavy atom. The van der Waals surface area contributed by atoms with Crippen molar-refractivity contribution in [2.45, 2.75) is 31.4 Å². The first-order valence-corrected chi connectivity index (χ1v) is 12.7. The summed E-state index contributed by atoms with van der Waals surface area (Å²) in [6.45, 7) is 0.181. The number of nitrogens with one attached hydrogen (secondary N) is 3. The molecule has 1 aliphatic rings. The van der Waals surface area contributed by atoms with Gasteiger partial charge in [0, 0.05) is 23.9 Å². The van der Waals surface area contributed by atoms with E-state index in [1.54, 1.807) is 18.2 Å². The monoisotopic (exact) mass is 576 g/mol. The van der Waals surface area contributed by atoms with Gasteiger partial charge in [-0.3, -0.25) is 9.59 Å². The summed E-state index contributed by atoms with van der Waals surface area (Å²) in [5.74, 6) is -4.37. The Bertz CT molecular complexity index is 1390. The van der Waals surface area contributed by atoms with Gasteiger partial charge in [0.05, 0.1) is 25.7 Å². The van der Waals surface area contributed by atoms with E-state index in [4.69, 9.17) is 20.9 Å². The maximum absolute atomic E-state index is 14.1. The number of hydrogen-bond donors (Lipinski definition) is 3. The van der Waals surface area contributed by atoms with Crippen LogP contribution in [0.1, 0.15) is 46.2 Å². The first-order valence-electron chi connectivity index (χ1n) is 12.3. The number of rotatable bonds is 10. The fraction of sp³-hybridized carbons (Fsp3) is 0.346. The highest BCUT2D eigenvalue weighted by Gasteiger charge is 2.42. The zero-order valence-corrected chi connectivity index (χ0v) is 22.4. The van der Waals surface area contributed by atoms with Crippen LogP contribution in [0.3, 0.4) is 0 Å². The number of carbonyl (C=O) groups excluding carboxylic acids is 3. The van der Waals surface area contributed by atoms with Crippen molar-refractivity contribution in [3.8, 4) is 0 Å². The molecule has 1 saturated heterocycles. The number of pyridine rings is 1. The first kappa shape index (κ1) is 28.9. The van der Waals surface area contributed by atoms with E-state index >= 15 is 0 Å². The van der Waals surface area contributed by atoms with Gasteiger partial charge >= 0.3 is 6.03 Å². The van der Waals surface area contributed by atoms with Crippen molar-refractivity contribution in [2.75, 3.05) is 32.1 Å². The number of aryl methyl sites for hydroxylation is 1. The molecule has 1 fully saturated rings. The van der Waals surface area contributed by atoms with E-state index in [0.29, 0.717) is 28.1 Å². The van der Waals surface area contributed by atoms with Gasteiger partial charge < -0.3 is 30.1 Å². The fourth-order valence-electron chi connectivity index (χ4n) is 4.26. The van der Waals surface area contributed by atoms with Gasteiger partial charge in [0.25, 0.3) is 17.7 Å². The number of carbonyl (C=O) groups is 3. The van der Waals surface area contributed by atoms with Crippen LogP contribution in [0.25, 0.3) is 0 Å². The van der Waals surface area contributed by atoms with E-state index in [-0.39, 0.29) is 18.1 Å². The molecule has 0 spiro atoms. The Morgan fingerprint density at radius 3 is 2.80 bits per heavy atom. The molecule has 0 radical (unpaired) electrons. The Balaban J connectivity index is 1.60. The van der Waals surface area contributed by atoms with Gasteiger partial charge in [-0.2, -0.15) is 0 Å². The van der Waals surface area contributed by atoms with Crippen LogP contribution < -0.4 is 16.0 Å². The average Bonchev–Trinajstić information content (AvgIpc) is 3.41. The molecule has 0 bridgehead atoms. The van der Waals surface area contributed by atoms with Gasteiger partial charge in [-0.15, -0.1) is 0 Å². The van der Waals surface area contributed by atoms with Crippen LogP contribution in [0.2, 0.25) is 5.02 Å². The second kappa shape index (κ2) is 12.4. The highest BCUT2D eigenvalue weighted by molar-refractivity contribution is 6.30. The largest absolute Gasteiger partial charge is 0.382 e. The van der Waals surface area contributed by atoms with Crippen LogP contribution in [0.15, 0.2) is 53.4 Å². The molecular formula is C26H27ClF2N6O5. The third kappa shape index (κ3) is 6.72. The van der Waals surface area contributed by atoms with Crippen molar-refractivity contribution in [3.63, 3.8) is 0 Å². The second-order valence-electron chi connectivity index (χ2n) is 9.08. The number of ether oxygens (including phenoxy) is 1. The van der Waals surface area contributed by atoms with E-state index in [2.05, 4.69) is 26.1 Å². The van der Waals surface area contributed by atoms with Crippen LogP contribution in [0.5, 0.6) is 0 Å². The lowest BCUT2D eigenvalue weighted by atomic mass is 10.0. The maximum Gasteiger partial charge on any atom is 0.318 e. The number of methoxy groups -OCH3 is 1. The zero-order valence-electron chi connectivity index (χ0n) is 21.6. The number of urea groups is 1. The Labute approximate surface area is 233 Å². The highest BCUT2D eigenvalue weighted by atomic mass is 35.5.